The molecule has 4 heterocycles. The molecule has 0 amide bonds. The van der Waals surface area contributed by atoms with Crippen molar-refractivity contribution in [2.45, 2.75) is 25.6 Å². The van der Waals surface area contributed by atoms with E-state index >= 15 is 0 Å². The van der Waals surface area contributed by atoms with Crippen LogP contribution in [0.3, 0.4) is 0 Å². The molecule has 130 valence electrons. The van der Waals surface area contributed by atoms with Crippen LogP contribution in [0.2, 0.25) is 0 Å². The molecule has 0 fully saturated rings. The first-order chi connectivity index (χ1) is 12.3. The Kier molecular flexibility index (Phi) is 4.58. The van der Waals surface area contributed by atoms with Crippen molar-refractivity contribution >= 4 is 0 Å². The third-order valence-corrected chi connectivity index (χ3v) is 4.51. The standard InChI is InChI=1S/C18H21N5O2/c1-22-18-16(13-25-11-14-2-5-19-6-3-14)9-23(10-17(18)20-21-22)8-15-4-7-24-12-15/h2-7,12,16H,8-11,13H2,1H3/t16-/m0/s1. The van der Waals surface area contributed by atoms with E-state index in [4.69, 9.17) is 9.15 Å². The maximum atomic E-state index is 5.98. The molecule has 1 aliphatic heterocycles. The van der Waals surface area contributed by atoms with Crippen LogP contribution in [0, 0.1) is 0 Å². The lowest BCUT2D eigenvalue weighted by Gasteiger charge is -2.31. The molecule has 3 aromatic heterocycles. The minimum Gasteiger partial charge on any atom is -0.472 e. The highest BCUT2D eigenvalue weighted by Gasteiger charge is 2.30. The van der Waals surface area contributed by atoms with E-state index in [1.165, 1.54) is 11.3 Å². The summed E-state index contributed by atoms with van der Waals surface area (Å²) in [6.45, 7) is 3.78. The van der Waals surface area contributed by atoms with Crippen LogP contribution in [0.15, 0.2) is 47.5 Å². The van der Waals surface area contributed by atoms with E-state index in [1.54, 1.807) is 24.9 Å². The molecule has 25 heavy (non-hydrogen) atoms. The first-order valence-electron chi connectivity index (χ1n) is 8.38. The average molecular weight is 339 g/mol. The first kappa shape index (κ1) is 16.0. The lowest BCUT2D eigenvalue weighted by atomic mass is 9.98. The minimum absolute atomic E-state index is 0.248. The molecule has 0 aliphatic carbocycles. The van der Waals surface area contributed by atoms with Gasteiger partial charge < -0.3 is 9.15 Å². The Labute approximate surface area is 146 Å². The predicted octanol–water partition coefficient (Wildman–Crippen LogP) is 2.12. The second kappa shape index (κ2) is 7.16. The number of pyridine rings is 1. The fourth-order valence-electron chi connectivity index (χ4n) is 3.39. The Morgan fingerprint density at radius 3 is 2.92 bits per heavy atom. The van der Waals surface area contributed by atoms with Crippen molar-refractivity contribution in [2.75, 3.05) is 13.2 Å². The van der Waals surface area contributed by atoms with Crippen LogP contribution < -0.4 is 0 Å². The highest BCUT2D eigenvalue weighted by atomic mass is 16.5. The molecular formula is C18H21N5O2. The van der Waals surface area contributed by atoms with Gasteiger partial charge in [0, 0.05) is 50.6 Å². The number of aryl methyl sites for hydroxylation is 1. The van der Waals surface area contributed by atoms with Crippen LogP contribution in [0.4, 0.5) is 0 Å². The number of ether oxygens (including phenoxy) is 1. The number of hydrogen-bond donors (Lipinski definition) is 0. The van der Waals surface area contributed by atoms with Crippen LogP contribution in [-0.4, -0.2) is 38.0 Å². The molecular weight excluding hydrogens is 318 g/mol. The van der Waals surface area contributed by atoms with E-state index in [0.29, 0.717) is 13.2 Å². The average Bonchev–Trinajstić information content (AvgIpc) is 3.26. The quantitative estimate of drug-likeness (QED) is 0.685. The minimum atomic E-state index is 0.248. The van der Waals surface area contributed by atoms with Crippen molar-refractivity contribution in [1.82, 2.24) is 24.9 Å². The van der Waals surface area contributed by atoms with Gasteiger partial charge in [-0.15, -0.1) is 5.10 Å². The number of aromatic nitrogens is 4. The highest BCUT2D eigenvalue weighted by Crippen LogP contribution is 2.28. The Balaban J connectivity index is 1.44. The van der Waals surface area contributed by atoms with Crippen LogP contribution in [-0.2, 0) is 31.5 Å². The molecule has 0 bridgehead atoms. The highest BCUT2D eigenvalue weighted by molar-refractivity contribution is 5.20. The van der Waals surface area contributed by atoms with Crippen LogP contribution in [0.5, 0.6) is 0 Å². The fraction of sp³-hybridized carbons (Fsp3) is 0.389. The normalized spacial score (nSPS) is 17.6. The van der Waals surface area contributed by atoms with Gasteiger partial charge in [0.15, 0.2) is 0 Å². The van der Waals surface area contributed by atoms with Crippen molar-refractivity contribution < 1.29 is 9.15 Å². The second-order valence-corrected chi connectivity index (χ2v) is 6.41. The van der Waals surface area contributed by atoms with Gasteiger partial charge in [-0.2, -0.15) is 0 Å². The third-order valence-electron chi connectivity index (χ3n) is 4.51. The van der Waals surface area contributed by atoms with Crippen molar-refractivity contribution in [2.24, 2.45) is 7.05 Å². The summed E-state index contributed by atoms with van der Waals surface area (Å²) in [4.78, 5) is 6.40. The number of hydrogen-bond acceptors (Lipinski definition) is 6. The van der Waals surface area contributed by atoms with E-state index in [2.05, 4.69) is 20.2 Å². The number of rotatable bonds is 6. The van der Waals surface area contributed by atoms with Gasteiger partial charge in [-0.25, -0.2) is 0 Å². The number of furan rings is 1. The zero-order valence-corrected chi connectivity index (χ0v) is 14.2. The molecule has 7 nitrogen and oxygen atoms in total. The van der Waals surface area contributed by atoms with Crippen LogP contribution in [0.1, 0.15) is 28.4 Å². The molecule has 3 aromatic rings. The molecule has 0 unspecified atom stereocenters. The van der Waals surface area contributed by atoms with Gasteiger partial charge in [-0.05, 0) is 23.8 Å². The summed E-state index contributed by atoms with van der Waals surface area (Å²) in [7, 11) is 1.95. The summed E-state index contributed by atoms with van der Waals surface area (Å²) in [6, 6.07) is 5.95. The SMILES string of the molecule is Cn1nnc2c1[C@H](COCc1ccncc1)CN(Cc1ccoc1)C2. The fourth-order valence-corrected chi connectivity index (χ4v) is 3.39. The molecule has 0 N–H and O–H groups in total. The monoisotopic (exact) mass is 339 g/mol. The molecule has 1 atom stereocenters. The van der Waals surface area contributed by atoms with Gasteiger partial charge in [0.05, 0.1) is 31.4 Å². The topological polar surface area (TPSA) is 69.2 Å². The molecule has 4 rings (SSSR count). The zero-order valence-electron chi connectivity index (χ0n) is 14.2. The van der Waals surface area contributed by atoms with Gasteiger partial charge in [0.1, 0.15) is 5.69 Å². The summed E-state index contributed by atoms with van der Waals surface area (Å²) >= 11 is 0. The van der Waals surface area contributed by atoms with Crippen molar-refractivity contribution in [3.63, 3.8) is 0 Å². The summed E-state index contributed by atoms with van der Waals surface area (Å²) < 4.78 is 13.0. The third kappa shape index (κ3) is 3.62. The summed E-state index contributed by atoms with van der Waals surface area (Å²) in [5, 5.41) is 8.54. The van der Waals surface area contributed by atoms with E-state index in [0.717, 1.165) is 30.9 Å². The van der Waals surface area contributed by atoms with E-state index in [1.807, 2.05) is 29.9 Å². The van der Waals surface area contributed by atoms with Gasteiger partial charge in [-0.3, -0.25) is 14.6 Å². The molecule has 0 aromatic carbocycles. The first-order valence-corrected chi connectivity index (χ1v) is 8.38. The van der Waals surface area contributed by atoms with Crippen molar-refractivity contribution in [3.05, 3.63) is 65.6 Å². The molecule has 7 heteroatoms. The summed E-state index contributed by atoms with van der Waals surface area (Å²) in [5.74, 6) is 0.248. The van der Waals surface area contributed by atoms with Crippen molar-refractivity contribution in [3.8, 4) is 0 Å². The van der Waals surface area contributed by atoms with E-state index < -0.39 is 0 Å². The zero-order chi connectivity index (χ0) is 17.1. The Bertz CT molecular complexity index is 800. The molecule has 0 spiro atoms. The molecule has 0 saturated heterocycles. The number of nitrogens with zero attached hydrogens (tertiary/aromatic N) is 5. The molecule has 1 aliphatic rings. The maximum Gasteiger partial charge on any atom is 0.100 e. The summed E-state index contributed by atoms with van der Waals surface area (Å²) in [6.07, 6.45) is 7.08. The predicted molar refractivity (Wildman–Crippen MR) is 90.5 cm³/mol. The van der Waals surface area contributed by atoms with Gasteiger partial charge >= 0.3 is 0 Å². The van der Waals surface area contributed by atoms with Crippen molar-refractivity contribution in [1.29, 1.82) is 0 Å². The Morgan fingerprint density at radius 2 is 2.12 bits per heavy atom. The molecule has 0 radical (unpaired) electrons. The van der Waals surface area contributed by atoms with Gasteiger partial charge in [0.25, 0.3) is 0 Å². The second-order valence-electron chi connectivity index (χ2n) is 6.41. The van der Waals surface area contributed by atoms with Gasteiger partial charge in [0.2, 0.25) is 0 Å². The van der Waals surface area contributed by atoms with E-state index in [-0.39, 0.29) is 5.92 Å². The van der Waals surface area contributed by atoms with Gasteiger partial charge in [-0.1, -0.05) is 5.21 Å². The van der Waals surface area contributed by atoms with E-state index in [9.17, 15) is 0 Å². The van der Waals surface area contributed by atoms with Crippen LogP contribution in [0.25, 0.3) is 0 Å². The maximum absolute atomic E-state index is 5.98. The lowest BCUT2D eigenvalue weighted by molar-refractivity contribution is 0.0829. The summed E-state index contributed by atoms with van der Waals surface area (Å²) in [5.41, 5.74) is 4.51. The Hall–Kier alpha value is -2.51. The largest absolute Gasteiger partial charge is 0.472 e. The number of fused-ring (bicyclic) bond motifs is 1. The Morgan fingerprint density at radius 1 is 1.24 bits per heavy atom. The lowest BCUT2D eigenvalue weighted by Crippen LogP contribution is -2.35. The molecule has 0 saturated carbocycles. The smallest absolute Gasteiger partial charge is 0.100 e. The van der Waals surface area contributed by atoms with Crippen LogP contribution >= 0.6 is 0 Å².